The van der Waals surface area contributed by atoms with Crippen molar-refractivity contribution in [2.45, 2.75) is 26.7 Å². The van der Waals surface area contributed by atoms with E-state index in [2.05, 4.69) is 26.0 Å². The number of hydrogen-bond acceptors (Lipinski definition) is 1. The molecule has 0 spiro atoms. The molecule has 0 aliphatic rings. The Hall–Kier alpha value is -0.530. The molecule has 0 bridgehead atoms. The SMILES string of the molecule is Cc1cc(C)c(Cl)c(C(C)CN)c1. The van der Waals surface area contributed by atoms with Crippen LogP contribution in [0.2, 0.25) is 5.02 Å². The lowest BCUT2D eigenvalue weighted by Crippen LogP contribution is -2.09. The van der Waals surface area contributed by atoms with Gasteiger partial charge in [-0.05, 0) is 37.4 Å². The van der Waals surface area contributed by atoms with Crippen LogP contribution in [0.25, 0.3) is 0 Å². The van der Waals surface area contributed by atoms with Crippen LogP contribution in [0.15, 0.2) is 12.1 Å². The Bertz CT molecular complexity index is 307. The first-order chi connectivity index (χ1) is 6.06. The van der Waals surface area contributed by atoms with Crippen LogP contribution in [0.3, 0.4) is 0 Å². The summed E-state index contributed by atoms with van der Waals surface area (Å²) in [7, 11) is 0. The Morgan fingerprint density at radius 1 is 1.38 bits per heavy atom. The third-order valence-electron chi connectivity index (χ3n) is 2.31. The summed E-state index contributed by atoms with van der Waals surface area (Å²) in [4.78, 5) is 0. The highest BCUT2D eigenvalue weighted by molar-refractivity contribution is 6.32. The van der Waals surface area contributed by atoms with Crippen LogP contribution < -0.4 is 5.73 Å². The van der Waals surface area contributed by atoms with Gasteiger partial charge in [0.2, 0.25) is 0 Å². The zero-order valence-electron chi connectivity index (χ0n) is 8.39. The van der Waals surface area contributed by atoms with Gasteiger partial charge in [0, 0.05) is 5.02 Å². The van der Waals surface area contributed by atoms with Gasteiger partial charge >= 0.3 is 0 Å². The molecule has 0 saturated carbocycles. The molecule has 1 unspecified atom stereocenters. The Labute approximate surface area is 84.9 Å². The molecule has 0 aliphatic carbocycles. The molecule has 0 aromatic heterocycles. The lowest BCUT2D eigenvalue weighted by molar-refractivity contribution is 0.772. The minimum atomic E-state index is 0.339. The topological polar surface area (TPSA) is 26.0 Å². The monoisotopic (exact) mass is 197 g/mol. The molecule has 0 fully saturated rings. The van der Waals surface area contributed by atoms with E-state index in [1.165, 1.54) is 11.1 Å². The van der Waals surface area contributed by atoms with Gasteiger partial charge in [-0.25, -0.2) is 0 Å². The first-order valence-electron chi connectivity index (χ1n) is 4.53. The van der Waals surface area contributed by atoms with Gasteiger partial charge in [0.15, 0.2) is 0 Å². The predicted octanol–water partition coefficient (Wildman–Crippen LogP) is 3.02. The van der Waals surface area contributed by atoms with Crippen molar-refractivity contribution >= 4 is 11.6 Å². The smallest absolute Gasteiger partial charge is 0.0470 e. The van der Waals surface area contributed by atoms with E-state index in [9.17, 15) is 0 Å². The fourth-order valence-corrected chi connectivity index (χ4v) is 1.76. The molecule has 13 heavy (non-hydrogen) atoms. The van der Waals surface area contributed by atoms with Gasteiger partial charge in [0.25, 0.3) is 0 Å². The Morgan fingerprint density at radius 3 is 2.54 bits per heavy atom. The minimum absolute atomic E-state index is 0.339. The van der Waals surface area contributed by atoms with Gasteiger partial charge in [0.05, 0.1) is 0 Å². The van der Waals surface area contributed by atoms with Crippen LogP contribution in [0.5, 0.6) is 0 Å². The first-order valence-corrected chi connectivity index (χ1v) is 4.90. The fraction of sp³-hybridized carbons (Fsp3) is 0.455. The van der Waals surface area contributed by atoms with Crippen molar-refractivity contribution in [2.24, 2.45) is 5.73 Å². The quantitative estimate of drug-likeness (QED) is 0.775. The molecule has 1 rings (SSSR count). The maximum Gasteiger partial charge on any atom is 0.0470 e. The van der Waals surface area contributed by atoms with Crippen molar-refractivity contribution in [1.29, 1.82) is 0 Å². The van der Waals surface area contributed by atoms with Crippen molar-refractivity contribution in [3.63, 3.8) is 0 Å². The second-order valence-corrected chi connectivity index (χ2v) is 4.00. The summed E-state index contributed by atoms with van der Waals surface area (Å²) in [5.41, 5.74) is 9.17. The molecule has 1 atom stereocenters. The van der Waals surface area contributed by atoms with Crippen LogP contribution in [0.4, 0.5) is 0 Å². The summed E-state index contributed by atoms with van der Waals surface area (Å²) in [5.74, 6) is 0.339. The van der Waals surface area contributed by atoms with Crippen molar-refractivity contribution in [1.82, 2.24) is 0 Å². The molecule has 2 heteroatoms. The van der Waals surface area contributed by atoms with E-state index in [1.807, 2.05) is 6.92 Å². The lowest BCUT2D eigenvalue weighted by atomic mass is 9.97. The molecule has 0 heterocycles. The number of benzene rings is 1. The second kappa shape index (κ2) is 4.12. The maximum atomic E-state index is 6.18. The lowest BCUT2D eigenvalue weighted by Gasteiger charge is -2.13. The minimum Gasteiger partial charge on any atom is -0.330 e. The van der Waals surface area contributed by atoms with E-state index >= 15 is 0 Å². The largest absolute Gasteiger partial charge is 0.330 e. The molecular weight excluding hydrogens is 182 g/mol. The second-order valence-electron chi connectivity index (χ2n) is 3.62. The van der Waals surface area contributed by atoms with Crippen LogP contribution in [-0.4, -0.2) is 6.54 Å². The number of nitrogens with two attached hydrogens (primary N) is 1. The number of hydrogen-bond donors (Lipinski definition) is 1. The van der Waals surface area contributed by atoms with Crippen LogP contribution >= 0.6 is 11.6 Å². The summed E-state index contributed by atoms with van der Waals surface area (Å²) in [5, 5.41) is 0.864. The van der Waals surface area contributed by atoms with Gasteiger partial charge in [-0.15, -0.1) is 0 Å². The number of aryl methyl sites for hydroxylation is 2. The van der Waals surface area contributed by atoms with Crippen LogP contribution in [0.1, 0.15) is 29.5 Å². The van der Waals surface area contributed by atoms with E-state index in [0.29, 0.717) is 12.5 Å². The Kier molecular flexibility index (Phi) is 3.34. The standard InChI is InChI=1S/C11H16ClN/c1-7-4-8(2)11(12)10(5-7)9(3)6-13/h4-5,9H,6,13H2,1-3H3. The van der Waals surface area contributed by atoms with Crippen molar-refractivity contribution < 1.29 is 0 Å². The summed E-state index contributed by atoms with van der Waals surface area (Å²) in [6, 6.07) is 4.21. The molecule has 0 aliphatic heterocycles. The highest BCUT2D eigenvalue weighted by atomic mass is 35.5. The molecule has 1 aromatic carbocycles. The third-order valence-corrected chi connectivity index (χ3v) is 2.83. The van der Waals surface area contributed by atoms with Crippen LogP contribution in [0, 0.1) is 13.8 Å². The van der Waals surface area contributed by atoms with Crippen molar-refractivity contribution in [2.75, 3.05) is 6.54 Å². The van der Waals surface area contributed by atoms with Gasteiger partial charge in [-0.1, -0.05) is 36.2 Å². The third kappa shape index (κ3) is 2.23. The maximum absolute atomic E-state index is 6.18. The highest BCUT2D eigenvalue weighted by Gasteiger charge is 2.10. The summed E-state index contributed by atoms with van der Waals surface area (Å²) in [6.45, 7) is 6.85. The van der Waals surface area contributed by atoms with Gasteiger partial charge in [0.1, 0.15) is 0 Å². The molecule has 2 N–H and O–H groups in total. The first kappa shape index (κ1) is 10.6. The van der Waals surface area contributed by atoms with E-state index in [1.54, 1.807) is 0 Å². The number of halogens is 1. The normalized spacial score (nSPS) is 13.0. The predicted molar refractivity (Wildman–Crippen MR) is 58.4 cm³/mol. The molecule has 72 valence electrons. The summed E-state index contributed by atoms with van der Waals surface area (Å²) >= 11 is 6.18. The molecule has 1 nitrogen and oxygen atoms in total. The van der Waals surface area contributed by atoms with E-state index in [4.69, 9.17) is 17.3 Å². The Balaban J connectivity index is 3.20. The van der Waals surface area contributed by atoms with E-state index in [0.717, 1.165) is 10.6 Å². The zero-order valence-corrected chi connectivity index (χ0v) is 9.15. The molecule has 0 radical (unpaired) electrons. The van der Waals surface area contributed by atoms with E-state index < -0.39 is 0 Å². The van der Waals surface area contributed by atoms with Crippen LogP contribution in [-0.2, 0) is 0 Å². The highest BCUT2D eigenvalue weighted by Crippen LogP contribution is 2.28. The summed E-state index contributed by atoms with van der Waals surface area (Å²) < 4.78 is 0. The Morgan fingerprint density at radius 2 is 2.00 bits per heavy atom. The summed E-state index contributed by atoms with van der Waals surface area (Å²) in [6.07, 6.45) is 0. The van der Waals surface area contributed by atoms with Gasteiger partial charge in [-0.2, -0.15) is 0 Å². The van der Waals surface area contributed by atoms with Gasteiger partial charge < -0.3 is 5.73 Å². The molecule has 0 amide bonds. The fourth-order valence-electron chi connectivity index (χ4n) is 1.47. The van der Waals surface area contributed by atoms with Crippen molar-refractivity contribution in [3.05, 3.63) is 33.8 Å². The molecule has 1 aromatic rings. The van der Waals surface area contributed by atoms with E-state index in [-0.39, 0.29) is 0 Å². The van der Waals surface area contributed by atoms with Gasteiger partial charge in [-0.3, -0.25) is 0 Å². The average molecular weight is 198 g/mol. The zero-order chi connectivity index (χ0) is 10.0. The molecular formula is C11H16ClN. The average Bonchev–Trinajstić information content (AvgIpc) is 2.10. The molecule has 0 saturated heterocycles. The van der Waals surface area contributed by atoms with Crippen molar-refractivity contribution in [3.8, 4) is 0 Å². The number of rotatable bonds is 2.